The van der Waals surface area contributed by atoms with Crippen molar-refractivity contribution in [3.05, 3.63) is 61.6 Å². The van der Waals surface area contributed by atoms with E-state index in [-0.39, 0.29) is 27.3 Å². The molecule has 134 valence electrons. The maximum absolute atomic E-state index is 14.2. The number of amides is 1. The van der Waals surface area contributed by atoms with Crippen LogP contribution in [0.15, 0.2) is 34.8 Å². The predicted octanol–water partition coefficient (Wildman–Crippen LogP) is 4.83. The molecule has 2 aromatic carbocycles. The van der Waals surface area contributed by atoms with Crippen LogP contribution in [0.25, 0.3) is 10.1 Å². The minimum atomic E-state index is -1.12. The van der Waals surface area contributed by atoms with E-state index in [9.17, 15) is 19.1 Å². The standard InChI is InChI=1S/C17H10BrClFNO4S/c18-9-4-7(16(21)22)5-11(20)14(9)25-6-8-13-10(19)2-1-3-12(13)26-15(8)17(23)24/h1-5H,6H2,(H2,21,22)(H,23,24). The van der Waals surface area contributed by atoms with Gasteiger partial charge in [-0.25, -0.2) is 9.18 Å². The van der Waals surface area contributed by atoms with Gasteiger partial charge >= 0.3 is 5.97 Å². The van der Waals surface area contributed by atoms with Gasteiger partial charge in [-0.1, -0.05) is 17.7 Å². The van der Waals surface area contributed by atoms with Crippen LogP contribution in [-0.4, -0.2) is 17.0 Å². The van der Waals surface area contributed by atoms with Crippen LogP contribution in [-0.2, 0) is 6.61 Å². The van der Waals surface area contributed by atoms with Gasteiger partial charge < -0.3 is 15.6 Å². The molecule has 0 saturated heterocycles. The lowest BCUT2D eigenvalue weighted by molar-refractivity contribution is 0.0699. The number of benzene rings is 2. The molecule has 0 aliphatic heterocycles. The third-order valence-electron chi connectivity index (χ3n) is 3.60. The number of ether oxygens (including phenoxy) is 1. The molecule has 0 unspecified atom stereocenters. The zero-order valence-electron chi connectivity index (χ0n) is 12.9. The van der Waals surface area contributed by atoms with Crippen molar-refractivity contribution in [1.82, 2.24) is 0 Å². The number of rotatable bonds is 5. The number of fused-ring (bicyclic) bond motifs is 1. The van der Waals surface area contributed by atoms with Crippen molar-refractivity contribution >= 4 is 60.8 Å². The molecule has 1 aromatic heterocycles. The quantitative estimate of drug-likeness (QED) is 0.573. The van der Waals surface area contributed by atoms with E-state index in [2.05, 4.69) is 15.9 Å². The molecule has 0 atom stereocenters. The highest BCUT2D eigenvalue weighted by atomic mass is 79.9. The topological polar surface area (TPSA) is 89.6 Å². The van der Waals surface area contributed by atoms with Gasteiger partial charge in [-0.15, -0.1) is 11.3 Å². The Balaban J connectivity index is 2.02. The highest BCUT2D eigenvalue weighted by molar-refractivity contribution is 9.10. The van der Waals surface area contributed by atoms with Gasteiger partial charge in [0.1, 0.15) is 11.5 Å². The molecular weight excluding hydrogens is 449 g/mol. The normalized spacial score (nSPS) is 10.9. The van der Waals surface area contributed by atoms with E-state index in [1.807, 2.05) is 0 Å². The second-order valence-corrected chi connectivity index (χ2v) is 7.56. The smallest absolute Gasteiger partial charge is 0.346 e. The van der Waals surface area contributed by atoms with Crippen LogP contribution in [0.4, 0.5) is 4.39 Å². The van der Waals surface area contributed by atoms with Gasteiger partial charge in [0.2, 0.25) is 5.91 Å². The maximum Gasteiger partial charge on any atom is 0.346 e. The lowest BCUT2D eigenvalue weighted by atomic mass is 10.1. The number of primary amides is 1. The van der Waals surface area contributed by atoms with E-state index in [1.54, 1.807) is 18.2 Å². The average Bonchev–Trinajstić information content (AvgIpc) is 2.94. The number of carbonyl (C=O) groups is 2. The van der Waals surface area contributed by atoms with Gasteiger partial charge in [0, 0.05) is 26.2 Å². The van der Waals surface area contributed by atoms with E-state index in [4.69, 9.17) is 22.1 Å². The van der Waals surface area contributed by atoms with Gasteiger partial charge in [-0.2, -0.15) is 0 Å². The van der Waals surface area contributed by atoms with Crippen LogP contribution in [0.3, 0.4) is 0 Å². The van der Waals surface area contributed by atoms with Gasteiger partial charge in [0.25, 0.3) is 0 Å². The molecule has 0 aliphatic rings. The van der Waals surface area contributed by atoms with E-state index in [0.717, 1.165) is 17.4 Å². The summed E-state index contributed by atoms with van der Waals surface area (Å²) in [6, 6.07) is 7.40. The summed E-state index contributed by atoms with van der Waals surface area (Å²) in [4.78, 5) is 22.8. The zero-order chi connectivity index (χ0) is 19.0. The Morgan fingerprint density at radius 3 is 2.69 bits per heavy atom. The molecule has 3 N–H and O–H groups in total. The molecule has 0 aliphatic carbocycles. The van der Waals surface area contributed by atoms with Crippen LogP contribution < -0.4 is 10.5 Å². The Hall–Kier alpha value is -2.16. The van der Waals surface area contributed by atoms with E-state index in [1.165, 1.54) is 6.07 Å². The van der Waals surface area contributed by atoms with E-state index in [0.29, 0.717) is 20.7 Å². The summed E-state index contributed by atoms with van der Waals surface area (Å²) < 4.78 is 20.6. The Morgan fingerprint density at radius 2 is 2.08 bits per heavy atom. The van der Waals surface area contributed by atoms with E-state index >= 15 is 0 Å². The Kier molecular flexibility index (Phi) is 5.17. The third-order valence-corrected chi connectivity index (χ3v) is 5.69. The summed E-state index contributed by atoms with van der Waals surface area (Å²) in [6.45, 7) is -0.212. The van der Waals surface area contributed by atoms with Crippen molar-refractivity contribution in [2.24, 2.45) is 5.73 Å². The molecule has 0 fully saturated rings. The fourth-order valence-electron chi connectivity index (χ4n) is 2.46. The minimum absolute atomic E-state index is 0.0167. The summed E-state index contributed by atoms with van der Waals surface area (Å²) in [5.41, 5.74) is 5.48. The number of hydrogen-bond acceptors (Lipinski definition) is 4. The van der Waals surface area contributed by atoms with Crippen molar-refractivity contribution in [3.63, 3.8) is 0 Å². The van der Waals surface area contributed by atoms with Gasteiger partial charge in [-0.05, 0) is 40.2 Å². The number of thiophene rings is 1. The number of hydrogen-bond donors (Lipinski definition) is 2. The second kappa shape index (κ2) is 7.22. The molecule has 0 bridgehead atoms. The summed E-state index contributed by atoms with van der Waals surface area (Å²) in [6.07, 6.45) is 0. The van der Waals surface area contributed by atoms with Crippen molar-refractivity contribution in [3.8, 4) is 5.75 Å². The molecule has 3 aromatic rings. The van der Waals surface area contributed by atoms with Crippen LogP contribution in [0, 0.1) is 5.82 Å². The molecular formula is C17H10BrClFNO4S. The molecule has 3 rings (SSSR count). The maximum atomic E-state index is 14.2. The SMILES string of the molecule is NC(=O)c1cc(F)c(OCc2c(C(=O)O)sc3cccc(Cl)c23)c(Br)c1. The first-order valence-corrected chi connectivity index (χ1v) is 9.13. The molecule has 1 amide bonds. The lowest BCUT2D eigenvalue weighted by Gasteiger charge is -2.11. The fraction of sp³-hybridized carbons (Fsp3) is 0.0588. The summed E-state index contributed by atoms with van der Waals surface area (Å²) in [5, 5.41) is 10.4. The Labute approximate surface area is 164 Å². The van der Waals surface area contributed by atoms with E-state index < -0.39 is 17.7 Å². The first-order chi connectivity index (χ1) is 12.3. The first-order valence-electron chi connectivity index (χ1n) is 7.14. The largest absolute Gasteiger partial charge is 0.485 e. The Bertz CT molecular complexity index is 1030. The van der Waals surface area contributed by atoms with Gasteiger partial charge in [0.15, 0.2) is 11.6 Å². The van der Waals surface area contributed by atoms with Gasteiger partial charge in [0.05, 0.1) is 4.47 Å². The number of aromatic carboxylic acids is 1. The summed E-state index contributed by atoms with van der Waals surface area (Å²) in [7, 11) is 0. The number of nitrogens with two attached hydrogens (primary N) is 1. The molecule has 9 heteroatoms. The lowest BCUT2D eigenvalue weighted by Crippen LogP contribution is -2.12. The van der Waals surface area contributed by atoms with Crippen LogP contribution in [0.2, 0.25) is 5.02 Å². The molecule has 1 heterocycles. The van der Waals surface area contributed by atoms with Crippen LogP contribution >= 0.6 is 38.9 Å². The molecule has 0 radical (unpaired) electrons. The van der Waals surface area contributed by atoms with Crippen molar-refractivity contribution in [1.29, 1.82) is 0 Å². The first kappa shape index (κ1) is 18.6. The second-order valence-electron chi connectivity index (χ2n) is 5.25. The van der Waals surface area contributed by atoms with Crippen LogP contribution in [0.5, 0.6) is 5.75 Å². The van der Waals surface area contributed by atoms with Crippen molar-refractivity contribution < 1.29 is 23.8 Å². The Morgan fingerprint density at radius 1 is 1.35 bits per heavy atom. The zero-order valence-corrected chi connectivity index (χ0v) is 16.0. The summed E-state index contributed by atoms with van der Waals surface area (Å²) in [5.74, 6) is -2.85. The minimum Gasteiger partial charge on any atom is -0.485 e. The molecule has 0 saturated carbocycles. The predicted molar refractivity (Wildman–Crippen MR) is 101 cm³/mol. The van der Waals surface area contributed by atoms with Gasteiger partial charge in [-0.3, -0.25) is 4.79 Å². The average molecular weight is 459 g/mol. The third kappa shape index (κ3) is 3.40. The highest BCUT2D eigenvalue weighted by Crippen LogP contribution is 2.38. The number of halogens is 3. The van der Waals surface area contributed by atoms with Crippen molar-refractivity contribution in [2.45, 2.75) is 6.61 Å². The molecule has 26 heavy (non-hydrogen) atoms. The fourth-order valence-corrected chi connectivity index (χ4v) is 4.43. The van der Waals surface area contributed by atoms with Crippen molar-refractivity contribution in [2.75, 3.05) is 0 Å². The number of carboxylic acids is 1. The molecule has 5 nitrogen and oxygen atoms in total. The molecule has 0 spiro atoms. The number of carboxylic acid groups (broad SMARTS) is 1. The number of carbonyl (C=O) groups excluding carboxylic acids is 1. The highest BCUT2D eigenvalue weighted by Gasteiger charge is 2.21. The van der Waals surface area contributed by atoms with Crippen LogP contribution in [0.1, 0.15) is 25.6 Å². The summed E-state index contributed by atoms with van der Waals surface area (Å²) >= 11 is 10.4. The monoisotopic (exact) mass is 457 g/mol.